The van der Waals surface area contributed by atoms with Crippen LogP contribution in [0.1, 0.15) is 58.7 Å². The van der Waals surface area contributed by atoms with E-state index in [9.17, 15) is 4.79 Å². The third-order valence-electron chi connectivity index (χ3n) is 3.93. The summed E-state index contributed by atoms with van der Waals surface area (Å²) in [6, 6.07) is 7.95. The molecule has 0 spiro atoms. The smallest absolute Gasteiger partial charge is 0.237 e. The van der Waals surface area contributed by atoms with Gasteiger partial charge in [0.25, 0.3) is 0 Å². The van der Waals surface area contributed by atoms with Crippen LogP contribution in [-0.4, -0.2) is 11.9 Å². The van der Waals surface area contributed by atoms with Crippen LogP contribution < -0.4 is 11.1 Å². The van der Waals surface area contributed by atoms with Gasteiger partial charge in [0.15, 0.2) is 0 Å². The Hall–Kier alpha value is -1.35. The van der Waals surface area contributed by atoms with Gasteiger partial charge >= 0.3 is 0 Å². The molecule has 0 heterocycles. The molecule has 0 radical (unpaired) electrons. The highest BCUT2D eigenvalue weighted by Gasteiger charge is 2.29. The number of nitrogens with two attached hydrogens (primary N) is 1. The lowest BCUT2D eigenvalue weighted by atomic mass is 9.86. The van der Waals surface area contributed by atoms with E-state index in [-0.39, 0.29) is 17.4 Å². The lowest BCUT2D eigenvalue weighted by Crippen LogP contribution is -2.50. The van der Waals surface area contributed by atoms with Gasteiger partial charge in [-0.2, -0.15) is 0 Å². The number of carbonyl (C=O) groups is 1. The van der Waals surface area contributed by atoms with E-state index in [1.54, 1.807) is 0 Å². The first-order valence-electron chi connectivity index (χ1n) is 7.81. The van der Waals surface area contributed by atoms with E-state index in [2.05, 4.69) is 50.4 Å². The van der Waals surface area contributed by atoms with E-state index in [1.165, 1.54) is 5.56 Å². The van der Waals surface area contributed by atoms with Gasteiger partial charge in [0.2, 0.25) is 5.91 Å². The number of nitrogens with one attached hydrogen (secondary N) is 1. The predicted molar refractivity (Wildman–Crippen MR) is 89.0 cm³/mol. The minimum Gasteiger partial charge on any atom is -0.348 e. The van der Waals surface area contributed by atoms with Crippen molar-refractivity contribution in [1.29, 1.82) is 0 Å². The Morgan fingerprint density at radius 3 is 2.10 bits per heavy atom. The van der Waals surface area contributed by atoms with Crippen LogP contribution in [0.5, 0.6) is 0 Å². The molecule has 21 heavy (non-hydrogen) atoms. The van der Waals surface area contributed by atoms with Crippen molar-refractivity contribution in [3.8, 4) is 0 Å². The van der Waals surface area contributed by atoms with Crippen molar-refractivity contribution in [1.82, 2.24) is 5.32 Å². The fraction of sp³-hybridized carbons (Fsp3) is 0.611. The minimum absolute atomic E-state index is 0.00296. The van der Waals surface area contributed by atoms with Gasteiger partial charge in [-0.25, -0.2) is 0 Å². The molecule has 0 aliphatic rings. The molecule has 1 amide bonds. The SMILES string of the molecule is CCc1ccc(C(NC(=O)[C@H](N)C(C)(C)C)C(C)C)cc1. The van der Waals surface area contributed by atoms with Crippen molar-refractivity contribution in [3.63, 3.8) is 0 Å². The Morgan fingerprint density at radius 1 is 1.19 bits per heavy atom. The fourth-order valence-electron chi connectivity index (χ4n) is 2.23. The van der Waals surface area contributed by atoms with Crippen LogP contribution in [0, 0.1) is 11.3 Å². The van der Waals surface area contributed by atoms with Crippen LogP contribution in [-0.2, 0) is 11.2 Å². The summed E-state index contributed by atoms with van der Waals surface area (Å²) in [6.45, 7) is 12.3. The summed E-state index contributed by atoms with van der Waals surface area (Å²) in [7, 11) is 0. The fourth-order valence-corrected chi connectivity index (χ4v) is 2.23. The molecule has 0 aliphatic carbocycles. The zero-order valence-electron chi connectivity index (χ0n) is 14.2. The molecule has 1 aromatic rings. The molecule has 0 fully saturated rings. The summed E-state index contributed by atoms with van der Waals surface area (Å²) in [5.74, 6) is 0.231. The molecular weight excluding hydrogens is 260 g/mol. The molecule has 0 aromatic heterocycles. The van der Waals surface area contributed by atoms with E-state index in [1.807, 2.05) is 20.8 Å². The number of hydrogen-bond acceptors (Lipinski definition) is 2. The summed E-state index contributed by atoms with van der Waals surface area (Å²) >= 11 is 0. The van der Waals surface area contributed by atoms with Gasteiger partial charge in [0.1, 0.15) is 0 Å². The standard InChI is InChI=1S/C18H30N2O/c1-7-13-8-10-14(11-9-13)15(12(2)3)20-17(21)16(19)18(4,5)6/h8-12,15-16H,7,19H2,1-6H3,(H,20,21)/t15?,16-/m0/s1. The molecule has 2 atom stereocenters. The molecule has 3 heteroatoms. The molecular formula is C18H30N2O. The maximum atomic E-state index is 12.4. The number of hydrogen-bond donors (Lipinski definition) is 2. The van der Waals surface area contributed by atoms with Gasteiger partial charge in [-0.3, -0.25) is 4.79 Å². The van der Waals surface area contributed by atoms with Crippen LogP contribution in [0.2, 0.25) is 0 Å². The van der Waals surface area contributed by atoms with Crippen molar-refractivity contribution in [2.45, 2.75) is 60.0 Å². The predicted octanol–water partition coefficient (Wildman–Crippen LogP) is 3.44. The Balaban J connectivity index is 2.90. The lowest BCUT2D eigenvalue weighted by molar-refractivity contribution is -0.125. The summed E-state index contributed by atoms with van der Waals surface area (Å²) in [6.07, 6.45) is 1.02. The Kier molecular flexibility index (Phi) is 5.97. The highest BCUT2D eigenvalue weighted by atomic mass is 16.2. The van der Waals surface area contributed by atoms with Gasteiger partial charge < -0.3 is 11.1 Å². The van der Waals surface area contributed by atoms with Crippen LogP contribution in [0.4, 0.5) is 0 Å². The van der Waals surface area contributed by atoms with Gasteiger partial charge in [-0.05, 0) is 28.9 Å². The van der Waals surface area contributed by atoms with Crippen molar-refractivity contribution in [2.75, 3.05) is 0 Å². The normalized spacial score (nSPS) is 14.9. The average molecular weight is 290 g/mol. The van der Waals surface area contributed by atoms with Gasteiger partial charge in [-0.1, -0.05) is 65.8 Å². The summed E-state index contributed by atoms with van der Waals surface area (Å²) in [5, 5.41) is 3.11. The maximum Gasteiger partial charge on any atom is 0.237 e. The number of rotatable bonds is 5. The number of amides is 1. The molecule has 3 nitrogen and oxygen atoms in total. The Morgan fingerprint density at radius 2 is 1.71 bits per heavy atom. The van der Waals surface area contributed by atoms with Crippen molar-refractivity contribution < 1.29 is 4.79 Å². The van der Waals surface area contributed by atoms with Crippen LogP contribution in [0.3, 0.4) is 0 Å². The maximum absolute atomic E-state index is 12.4. The Bertz CT molecular complexity index is 457. The molecule has 1 rings (SSSR count). The minimum atomic E-state index is -0.506. The van der Waals surface area contributed by atoms with Crippen LogP contribution >= 0.6 is 0 Å². The first-order chi connectivity index (χ1) is 9.66. The van der Waals surface area contributed by atoms with Gasteiger partial charge in [0.05, 0.1) is 12.1 Å². The Labute approximate surface area is 129 Å². The lowest BCUT2D eigenvalue weighted by Gasteiger charge is -2.30. The monoisotopic (exact) mass is 290 g/mol. The molecule has 0 bridgehead atoms. The van der Waals surface area contributed by atoms with E-state index < -0.39 is 6.04 Å². The van der Waals surface area contributed by atoms with E-state index in [0.29, 0.717) is 5.92 Å². The van der Waals surface area contributed by atoms with Crippen LogP contribution in [0.15, 0.2) is 24.3 Å². The molecule has 118 valence electrons. The zero-order valence-corrected chi connectivity index (χ0v) is 14.2. The quantitative estimate of drug-likeness (QED) is 0.873. The second-order valence-corrected chi connectivity index (χ2v) is 7.17. The molecule has 3 N–H and O–H groups in total. The van der Waals surface area contributed by atoms with Crippen molar-refractivity contribution in [3.05, 3.63) is 35.4 Å². The molecule has 0 saturated carbocycles. The number of aryl methyl sites for hydroxylation is 1. The number of carbonyl (C=O) groups excluding carboxylic acids is 1. The number of benzene rings is 1. The topological polar surface area (TPSA) is 55.1 Å². The van der Waals surface area contributed by atoms with E-state index >= 15 is 0 Å². The van der Waals surface area contributed by atoms with Gasteiger partial charge in [0, 0.05) is 0 Å². The highest BCUT2D eigenvalue weighted by Crippen LogP contribution is 2.24. The van der Waals surface area contributed by atoms with E-state index in [0.717, 1.165) is 12.0 Å². The third-order valence-corrected chi connectivity index (χ3v) is 3.93. The zero-order chi connectivity index (χ0) is 16.2. The van der Waals surface area contributed by atoms with Crippen molar-refractivity contribution >= 4 is 5.91 Å². The largest absolute Gasteiger partial charge is 0.348 e. The van der Waals surface area contributed by atoms with E-state index in [4.69, 9.17) is 5.73 Å². The van der Waals surface area contributed by atoms with Crippen LogP contribution in [0.25, 0.3) is 0 Å². The van der Waals surface area contributed by atoms with Gasteiger partial charge in [-0.15, -0.1) is 0 Å². The average Bonchev–Trinajstić information content (AvgIpc) is 2.42. The molecule has 0 saturated heterocycles. The second kappa shape index (κ2) is 7.08. The summed E-state index contributed by atoms with van der Waals surface area (Å²) in [5.41, 5.74) is 8.26. The summed E-state index contributed by atoms with van der Waals surface area (Å²) in [4.78, 5) is 12.4. The molecule has 1 unspecified atom stereocenters. The second-order valence-electron chi connectivity index (χ2n) is 7.17. The molecule has 1 aromatic carbocycles. The summed E-state index contributed by atoms with van der Waals surface area (Å²) < 4.78 is 0. The first kappa shape index (κ1) is 17.7. The highest BCUT2D eigenvalue weighted by molar-refractivity contribution is 5.82. The first-order valence-corrected chi connectivity index (χ1v) is 7.81. The third kappa shape index (κ3) is 4.85. The molecule has 0 aliphatic heterocycles. The van der Waals surface area contributed by atoms with Crippen molar-refractivity contribution in [2.24, 2.45) is 17.1 Å².